The van der Waals surface area contributed by atoms with E-state index in [2.05, 4.69) is 20.9 Å². The highest BCUT2D eigenvalue weighted by atomic mass is 79.9. The minimum atomic E-state index is -0.833. The average Bonchev–Trinajstić information content (AvgIpc) is 2.28. The molecule has 0 amide bonds. The van der Waals surface area contributed by atoms with Crippen LogP contribution in [0.3, 0.4) is 0 Å². The van der Waals surface area contributed by atoms with Gasteiger partial charge in [-0.25, -0.2) is 4.98 Å². The number of pyridine rings is 1. The summed E-state index contributed by atoms with van der Waals surface area (Å²) < 4.78 is 0. The average molecular weight is 304 g/mol. The van der Waals surface area contributed by atoms with Crippen molar-refractivity contribution in [2.45, 2.75) is 11.4 Å². The van der Waals surface area contributed by atoms with Gasteiger partial charge >= 0.3 is 5.97 Å². The zero-order valence-electron chi connectivity index (χ0n) is 8.35. The molecule has 1 N–H and O–H groups in total. The number of thioether (sulfide) groups is 1. The van der Waals surface area contributed by atoms with Gasteiger partial charge in [0.25, 0.3) is 0 Å². The van der Waals surface area contributed by atoms with Gasteiger partial charge in [0.1, 0.15) is 5.69 Å². The molecule has 1 rings (SSSR count). The first-order chi connectivity index (χ1) is 7.63. The Kier molecular flexibility index (Phi) is 5.48. The summed E-state index contributed by atoms with van der Waals surface area (Å²) >= 11 is 4.41. The van der Waals surface area contributed by atoms with E-state index >= 15 is 0 Å². The molecule has 0 saturated heterocycles. The molecule has 0 aliphatic heterocycles. The molecule has 0 aliphatic carbocycles. The lowest BCUT2D eigenvalue weighted by Crippen LogP contribution is -2.03. The van der Waals surface area contributed by atoms with Crippen molar-refractivity contribution in [3.05, 3.63) is 23.9 Å². The molecule has 0 fully saturated rings. The second kappa shape index (κ2) is 6.65. The zero-order valence-corrected chi connectivity index (χ0v) is 10.8. The van der Waals surface area contributed by atoms with Gasteiger partial charge in [0, 0.05) is 5.75 Å². The molecular weight excluding hydrogens is 294 g/mol. The molecule has 6 heteroatoms. The Morgan fingerprint density at radius 1 is 1.44 bits per heavy atom. The number of Topliss-reactive ketones (excluding diaryl/α,β-unsaturated/α-hetero) is 1. The van der Waals surface area contributed by atoms with Gasteiger partial charge in [-0.1, -0.05) is 22.0 Å². The van der Waals surface area contributed by atoms with Crippen LogP contribution in [0.25, 0.3) is 0 Å². The normalized spacial score (nSPS) is 10.1. The molecule has 0 radical (unpaired) electrons. The number of rotatable bonds is 6. The fourth-order valence-corrected chi connectivity index (χ4v) is 2.07. The fraction of sp³-hybridized carbons (Fsp3) is 0.300. The molecule has 1 heterocycles. The van der Waals surface area contributed by atoms with Gasteiger partial charge in [0.2, 0.25) is 0 Å². The number of halogens is 1. The topological polar surface area (TPSA) is 67.3 Å². The van der Waals surface area contributed by atoms with E-state index < -0.39 is 5.97 Å². The van der Waals surface area contributed by atoms with Crippen molar-refractivity contribution in [2.75, 3.05) is 11.1 Å². The third-order valence-electron chi connectivity index (χ3n) is 1.70. The lowest BCUT2D eigenvalue weighted by Gasteiger charge is -2.01. The van der Waals surface area contributed by atoms with Crippen LogP contribution in [0.5, 0.6) is 0 Å². The van der Waals surface area contributed by atoms with Gasteiger partial charge in [-0.3, -0.25) is 9.59 Å². The second-order valence-corrected chi connectivity index (χ2v) is 4.59. The number of hydrogen-bond donors (Lipinski definition) is 1. The van der Waals surface area contributed by atoms with Gasteiger partial charge in [-0.15, -0.1) is 11.8 Å². The lowest BCUT2D eigenvalue weighted by atomic mass is 10.3. The first-order valence-corrected chi connectivity index (χ1v) is 6.65. The van der Waals surface area contributed by atoms with Gasteiger partial charge in [0.15, 0.2) is 5.78 Å². The summed E-state index contributed by atoms with van der Waals surface area (Å²) in [5.41, 5.74) is 0.400. The maximum atomic E-state index is 11.3. The van der Waals surface area contributed by atoms with Gasteiger partial charge < -0.3 is 5.11 Å². The van der Waals surface area contributed by atoms with E-state index in [9.17, 15) is 9.59 Å². The Bertz CT molecular complexity index is 397. The first kappa shape index (κ1) is 13.2. The highest BCUT2D eigenvalue weighted by Gasteiger charge is 2.06. The molecule has 0 aromatic carbocycles. The predicted octanol–water partition coefficient (Wildman–Crippen LogP) is 2.23. The van der Waals surface area contributed by atoms with E-state index in [1.807, 2.05) is 0 Å². The number of carboxylic acids is 1. The van der Waals surface area contributed by atoms with E-state index in [1.54, 1.807) is 18.2 Å². The summed E-state index contributed by atoms with van der Waals surface area (Å²) in [7, 11) is 0. The zero-order chi connectivity index (χ0) is 12.0. The van der Waals surface area contributed by atoms with Crippen LogP contribution in [-0.4, -0.2) is 32.9 Å². The molecule has 0 aliphatic rings. The van der Waals surface area contributed by atoms with E-state index in [0.717, 1.165) is 0 Å². The third kappa shape index (κ3) is 4.32. The highest BCUT2D eigenvalue weighted by molar-refractivity contribution is 9.09. The number of ketones is 1. The van der Waals surface area contributed by atoms with E-state index in [0.29, 0.717) is 16.5 Å². The van der Waals surface area contributed by atoms with Crippen molar-refractivity contribution in [1.29, 1.82) is 0 Å². The predicted molar refractivity (Wildman–Crippen MR) is 65.3 cm³/mol. The molecule has 1 aromatic heterocycles. The van der Waals surface area contributed by atoms with Crippen LogP contribution in [0.2, 0.25) is 0 Å². The minimum absolute atomic E-state index is 0.0827. The van der Waals surface area contributed by atoms with Crippen molar-refractivity contribution >= 4 is 39.4 Å². The Morgan fingerprint density at radius 2 is 2.19 bits per heavy atom. The number of alkyl halides is 1. The maximum absolute atomic E-state index is 11.3. The summed E-state index contributed by atoms with van der Waals surface area (Å²) in [4.78, 5) is 25.8. The van der Waals surface area contributed by atoms with Crippen molar-refractivity contribution in [3.63, 3.8) is 0 Å². The Balaban J connectivity index is 2.60. The number of aliphatic carboxylic acids is 1. The molecule has 0 bridgehead atoms. The summed E-state index contributed by atoms with van der Waals surface area (Å²) in [5.74, 6) is -0.463. The summed E-state index contributed by atoms with van der Waals surface area (Å²) in [5, 5.41) is 9.39. The molecule has 0 spiro atoms. The second-order valence-electron chi connectivity index (χ2n) is 2.91. The Labute approximate surface area is 106 Å². The lowest BCUT2D eigenvalue weighted by molar-refractivity contribution is -0.136. The van der Waals surface area contributed by atoms with Crippen LogP contribution >= 0.6 is 27.7 Å². The van der Waals surface area contributed by atoms with Gasteiger partial charge in [0.05, 0.1) is 16.8 Å². The first-order valence-electron chi connectivity index (χ1n) is 4.54. The number of nitrogens with zero attached hydrogens (tertiary/aromatic N) is 1. The van der Waals surface area contributed by atoms with Crippen LogP contribution in [0.15, 0.2) is 23.2 Å². The number of carboxylic acid groups (broad SMARTS) is 1. The van der Waals surface area contributed by atoms with E-state index in [4.69, 9.17) is 5.11 Å². The van der Waals surface area contributed by atoms with Crippen molar-refractivity contribution in [3.8, 4) is 0 Å². The number of aromatic nitrogens is 1. The minimum Gasteiger partial charge on any atom is -0.481 e. The maximum Gasteiger partial charge on any atom is 0.304 e. The standard InChI is InChI=1S/C10H10BrNO3S/c11-6-8(13)7-2-1-3-9(12-7)16-5-4-10(14)15/h1-3H,4-6H2,(H,14,15). The number of hydrogen-bond acceptors (Lipinski definition) is 4. The molecule has 0 unspecified atom stereocenters. The largest absolute Gasteiger partial charge is 0.481 e. The molecule has 1 aromatic rings. The fourth-order valence-electron chi connectivity index (χ4n) is 0.962. The summed E-state index contributed by atoms with van der Waals surface area (Å²) in [6, 6.07) is 5.15. The van der Waals surface area contributed by atoms with Gasteiger partial charge in [-0.2, -0.15) is 0 Å². The Hall–Kier alpha value is -0.880. The summed E-state index contributed by atoms with van der Waals surface area (Å²) in [6.45, 7) is 0. The number of carbonyl (C=O) groups excluding carboxylic acids is 1. The van der Waals surface area contributed by atoms with E-state index in [-0.39, 0.29) is 17.5 Å². The SMILES string of the molecule is O=C(O)CCSc1cccc(C(=O)CBr)n1. The molecular formula is C10H10BrNO3S. The highest BCUT2D eigenvalue weighted by Crippen LogP contribution is 2.16. The van der Waals surface area contributed by atoms with E-state index in [1.165, 1.54) is 11.8 Å². The number of carbonyl (C=O) groups is 2. The smallest absolute Gasteiger partial charge is 0.304 e. The van der Waals surface area contributed by atoms with Crippen LogP contribution in [-0.2, 0) is 4.79 Å². The molecule has 86 valence electrons. The van der Waals surface area contributed by atoms with Crippen LogP contribution in [0.4, 0.5) is 0 Å². The third-order valence-corrected chi connectivity index (χ3v) is 3.14. The van der Waals surface area contributed by atoms with Crippen molar-refractivity contribution < 1.29 is 14.7 Å². The molecule has 4 nitrogen and oxygen atoms in total. The van der Waals surface area contributed by atoms with Crippen LogP contribution in [0.1, 0.15) is 16.9 Å². The molecule has 16 heavy (non-hydrogen) atoms. The van der Waals surface area contributed by atoms with Gasteiger partial charge in [-0.05, 0) is 12.1 Å². The van der Waals surface area contributed by atoms with Crippen LogP contribution < -0.4 is 0 Å². The quantitative estimate of drug-likeness (QED) is 0.496. The monoisotopic (exact) mass is 303 g/mol. The molecule has 0 saturated carbocycles. The van der Waals surface area contributed by atoms with Crippen molar-refractivity contribution in [1.82, 2.24) is 4.98 Å². The van der Waals surface area contributed by atoms with Crippen molar-refractivity contribution in [2.24, 2.45) is 0 Å². The Morgan fingerprint density at radius 3 is 2.81 bits per heavy atom. The van der Waals surface area contributed by atoms with Crippen LogP contribution in [0, 0.1) is 0 Å². The molecule has 0 atom stereocenters. The summed E-state index contributed by atoms with van der Waals surface area (Å²) in [6.07, 6.45) is 0.0863.